The second-order valence-electron chi connectivity index (χ2n) is 3.98. The summed E-state index contributed by atoms with van der Waals surface area (Å²) < 4.78 is 26.7. The predicted molar refractivity (Wildman–Crippen MR) is 80.5 cm³/mol. The Morgan fingerprint density at radius 2 is 1.90 bits per heavy atom. The maximum Gasteiger partial charge on any atom is 0.243 e. The van der Waals surface area contributed by atoms with E-state index in [-0.39, 0.29) is 21.5 Å². The van der Waals surface area contributed by atoms with E-state index < -0.39 is 10.0 Å². The summed E-state index contributed by atoms with van der Waals surface area (Å²) in [6, 6.07) is 2.81. The Balaban J connectivity index is 3.13. The number of benzene rings is 1. The van der Waals surface area contributed by atoms with Gasteiger partial charge in [0.15, 0.2) is 0 Å². The highest BCUT2D eigenvalue weighted by Crippen LogP contribution is 2.30. The molecule has 4 nitrogen and oxygen atoms in total. The lowest BCUT2D eigenvalue weighted by Crippen LogP contribution is -2.25. The number of halogens is 2. The number of hydrogen-bond acceptors (Lipinski definition) is 3. The zero-order valence-corrected chi connectivity index (χ0v) is 13.2. The molecule has 0 amide bonds. The third-order valence-electron chi connectivity index (χ3n) is 2.40. The summed E-state index contributed by atoms with van der Waals surface area (Å²) in [5.41, 5.74) is 0.446. The van der Waals surface area contributed by atoms with Gasteiger partial charge in [-0.25, -0.2) is 13.1 Å². The zero-order valence-electron chi connectivity index (χ0n) is 10.9. The van der Waals surface area contributed by atoms with Crippen molar-refractivity contribution >= 4 is 33.2 Å². The number of aliphatic hydroxyl groups is 1. The van der Waals surface area contributed by atoms with Gasteiger partial charge in [0, 0.05) is 12.1 Å². The molecule has 1 rings (SSSR count). The molecule has 0 aliphatic heterocycles. The van der Waals surface area contributed by atoms with Crippen LogP contribution in [0.2, 0.25) is 10.0 Å². The van der Waals surface area contributed by atoms with Crippen molar-refractivity contribution in [2.24, 2.45) is 0 Å². The molecule has 0 saturated carbocycles. The van der Waals surface area contributed by atoms with Gasteiger partial charge >= 0.3 is 0 Å². The third-order valence-corrected chi connectivity index (χ3v) is 4.78. The van der Waals surface area contributed by atoms with E-state index in [2.05, 4.69) is 16.6 Å². The summed E-state index contributed by atoms with van der Waals surface area (Å²) in [7, 11) is -3.74. The van der Waals surface area contributed by atoms with E-state index in [4.69, 9.17) is 28.3 Å². The Hall–Kier alpha value is -0.770. The lowest BCUT2D eigenvalue weighted by Gasteiger charge is -2.10. The highest BCUT2D eigenvalue weighted by molar-refractivity contribution is 7.89. The minimum atomic E-state index is -3.74. The topological polar surface area (TPSA) is 66.4 Å². The SMILES string of the molecule is CCCCNS(=O)(=O)c1c(Cl)cc(C#CCO)cc1Cl. The van der Waals surface area contributed by atoms with E-state index in [0.29, 0.717) is 12.1 Å². The van der Waals surface area contributed by atoms with E-state index in [1.807, 2.05) is 6.92 Å². The van der Waals surface area contributed by atoms with Gasteiger partial charge in [0.2, 0.25) is 10.0 Å². The van der Waals surface area contributed by atoms with Gasteiger partial charge in [0.05, 0.1) is 10.0 Å². The molecule has 20 heavy (non-hydrogen) atoms. The van der Waals surface area contributed by atoms with Crippen LogP contribution in [0.3, 0.4) is 0 Å². The lowest BCUT2D eigenvalue weighted by molar-refractivity contribution is 0.350. The van der Waals surface area contributed by atoms with E-state index >= 15 is 0 Å². The molecule has 0 fully saturated rings. The van der Waals surface area contributed by atoms with Gasteiger partial charge in [0.25, 0.3) is 0 Å². The smallest absolute Gasteiger partial charge is 0.243 e. The molecule has 0 spiro atoms. The van der Waals surface area contributed by atoms with Crippen molar-refractivity contribution in [2.75, 3.05) is 13.2 Å². The summed E-state index contributed by atoms with van der Waals surface area (Å²) in [6.07, 6.45) is 1.61. The first-order valence-corrected chi connectivity index (χ1v) is 8.24. The Kier molecular flexibility index (Phi) is 6.80. The molecule has 0 bridgehead atoms. The van der Waals surface area contributed by atoms with Crippen molar-refractivity contribution in [2.45, 2.75) is 24.7 Å². The van der Waals surface area contributed by atoms with Gasteiger partial charge in [-0.1, -0.05) is 48.4 Å². The van der Waals surface area contributed by atoms with Gasteiger partial charge < -0.3 is 5.11 Å². The monoisotopic (exact) mass is 335 g/mol. The standard InChI is InChI=1S/C13H15Cl2NO3S/c1-2-3-6-16-20(18,19)13-11(14)8-10(5-4-7-17)9-12(13)15/h8-9,16-17H,2-3,6-7H2,1H3. The first-order chi connectivity index (χ1) is 9.42. The van der Waals surface area contributed by atoms with Crippen molar-refractivity contribution in [1.29, 1.82) is 0 Å². The quantitative estimate of drug-likeness (QED) is 0.641. The van der Waals surface area contributed by atoms with E-state index in [0.717, 1.165) is 12.8 Å². The van der Waals surface area contributed by atoms with Crippen LogP contribution in [0.1, 0.15) is 25.3 Å². The van der Waals surface area contributed by atoms with Crippen molar-refractivity contribution in [3.8, 4) is 11.8 Å². The summed E-state index contributed by atoms with van der Waals surface area (Å²) in [5, 5.41) is 8.63. The molecule has 0 atom stereocenters. The average molecular weight is 336 g/mol. The molecule has 0 heterocycles. The first kappa shape index (κ1) is 17.3. The summed E-state index contributed by atoms with van der Waals surface area (Å²) in [4.78, 5) is -0.147. The number of unbranched alkanes of at least 4 members (excludes halogenated alkanes) is 1. The summed E-state index contributed by atoms with van der Waals surface area (Å²) >= 11 is 12.0. The Labute approximate surface area is 129 Å². The van der Waals surface area contributed by atoms with Gasteiger partial charge in [-0.2, -0.15) is 0 Å². The zero-order chi connectivity index (χ0) is 15.2. The van der Waals surface area contributed by atoms with Crippen LogP contribution >= 0.6 is 23.2 Å². The molecule has 110 valence electrons. The number of rotatable bonds is 5. The molecule has 0 aliphatic carbocycles. The van der Waals surface area contributed by atoms with Crippen LogP contribution in [0.4, 0.5) is 0 Å². The molecule has 0 unspecified atom stereocenters. The average Bonchev–Trinajstić information content (AvgIpc) is 2.35. The predicted octanol–water partition coefficient (Wildman–Crippen LogP) is 2.42. The first-order valence-electron chi connectivity index (χ1n) is 6.00. The van der Waals surface area contributed by atoms with Gasteiger partial charge in [-0.15, -0.1) is 0 Å². The van der Waals surface area contributed by atoms with Crippen molar-refractivity contribution < 1.29 is 13.5 Å². The molecule has 0 radical (unpaired) electrons. The van der Waals surface area contributed by atoms with Crippen LogP contribution in [-0.4, -0.2) is 26.7 Å². The second-order valence-corrected chi connectivity index (χ2v) is 6.50. The number of hydrogen-bond donors (Lipinski definition) is 2. The normalized spacial score (nSPS) is 11.0. The molecule has 0 aromatic heterocycles. The van der Waals surface area contributed by atoms with Crippen LogP contribution in [0.5, 0.6) is 0 Å². The molecule has 2 N–H and O–H groups in total. The van der Waals surface area contributed by atoms with E-state index in [1.54, 1.807) is 0 Å². The van der Waals surface area contributed by atoms with E-state index in [1.165, 1.54) is 12.1 Å². The van der Waals surface area contributed by atoms with E-state index in [9.17, 15) is 8.42 Å². The Morgan fingerprint density at radius 3 is 2.40 bits per heavy atom. The second kappa shape index (κ2) is 7.87. The molecular formula is C13H15Cl2NO3S. The van der Waals surface area contributed by atoms with Crippen LogP contribution in [0.15, 0.2) is 17.0 Å². The van der Waals surface area contributed by atoms with Gasteiger partial charge in [-0.3, -0.25) is 0 Å². The molecule has 1 aromatic rings. The summed E-state index contributed by atoms with van der Waals surface area (Å²) in [6.45, 7) is 1.99. The number of aliphatic hydroxyl groups excluding tert-OH is 1. The molecule has 0 saturated heterocycles. The Morgan fingerprint density at radius 1 is 1.30 bits per heavy atom. The Bertz CT molecular complexity index is 610. The van der Waals surface area contributed by atoms with Crippen molar-refractivity contribution in [1.82, 2.24) is 4.72 Å². The lowest BCUT2D eigenvalue weighted by atomic mass is 10.2. The molecular weight excluding hydrogens is 321 g/mol. The fourth-order valence-electron chi connectivity index (χ4n) is 1.49. The third kappa shape index (κ3) is 4.65. The maximum atomic E-state index is 12.1. The number of sulfonamides is 1. The maximum absolute atomic E-state index is 12.1. The number of nitrogens with one attached hydrogen (secondary N) is 1. The van der Waals surface area contributed by atoms with Crippen LogP contribution in [-0.2, 0) is 10.0 Å². The molecule has 7 heteroatoms. The summed E-state index contributed by atoms with van der Waals surface area (Å²) in [5.74, 6) is 5.07. The van der Waals surface area contributed by atoms with Crippen LogP contribution in [0.25, 0.3) is 0 Å². The highest BCUT2D eigenvalue weighted by atomic mass is 35.5. The molecule has 0 aliphatic rings. The van der Waals surface area contributed by atoms with Crippen LogP contribution < -0.4 is 4.72 Å². The fraction of sp³-hybridized carbons (Fsp3) is 0.385. The minimum Gasteiger partial charge on any atom is -0.384 e. The van der Waals surface area contributed by atoms with Crippen molar-refractivity contribution in [3.05, 3.63) is 27.7 Å². The van der Waals surface area contributed by atoms with Crippen LogP contribution in [0, 0.1) is 11.8 Å². The van der Waals surface area contributed by atoms with Gasteiger partial charge in [-0.05, 0) is 18.6 Å². The van der Waals surface area contributed by atoms with Gasteiger partial charge in [0.1, 0.15) is 11.5 Å². The molecule has 1 aromatic carbocycles. The fourth-order valence-corrected chi connectivity index (χ4v) is 3.77. The highest BCUT2D eigenvalue weighted by Gasteiger charge is 2.21. The largest absolute Gasteiger partial charge is 0.384 e. The minimum absolute atomic E-state index is 0.00346. The van der Waals surface area contributed by atoms with Crippen molar-refractivity contribution in [3.63, 3.8) is 0 Å².